The highest BCUT2D eigenvalue weighted by Gasteiger charge is 2.15. The van der Waals surface area contributed by atoms with E-state index >= 15 is 0 Å². The average Bonchev–Trinajstić information content (AvgIpc) is 2.89. The quantitative estimate of drug-likeness (QED) is 0.744. The second-order valence-corrected chi connectivity index (χ2v) is 5.45. The van der Waals surface area contributed by atoms with E-state index in [0.29, 0.717) is 17.3 Å². The fourth-order valence-corrected chi connectivity index (χ4v) is 2.45. The minimum Gasteiger partial charge on any atom is -0.464 e. The number of carbonyl (C=O) groups is 1. The Morgan fingerprint density at radius 3 is 2.52 bits per heavy atom. The molecule has 0 amide bonds. The third-order valence-corrected chi connectivity index (χ3v) is 3.76. The van der Waals surface area contributed by atoms with Gasteiger partial charge in [0.25, 0.3) is 0 Å². The van der Waals surface area contributed by atoms with Gasteiger partial charge in [0.15, 0.2) is 0 Å². The standard InChI is InChI=1S/C17H20ClNO2/c1-3-4-5-15-10-11-16(17(20)21-2)19(15)12-13-6-8-14(18)9-7-13/h6-11H,3-5,12H2,1-2H3. The van der Waals surface area contributed by atoms with E-state index in [1.54, 1.807) is 0 Å². The summed E-state index contributed by atoms with van der Waals surface area (Å²) in [6, 6.07) is 11.5. The molecule has 0 saturated carbocycles. The maximum Gasteiger partial charge on any atom is 0.354 e. The highest BCUT2D eigenvalue weighted by Crippen LogP contribution is 2.17. The molecule has 1 aromatic carbocycles. The molecule has 0 saturated heterocycles. The number of rotatable bonds is 6. The Balaban J connectivity index is 2.30. The molecule has 0 unspecified atom stereocenters. The van der Waals surface area contributed by atoms with Crippen LogP contribution in [0.1, 0.15) is 41.5 Å². The van der Waals surface area contributed by atoms with E-state index < -0.39 is 0 Å². The second-order valence-electron chi connectivity index (χ2n) is 5.02. The number of nitrogens with zero attached hydrogens (tertiary/aromatic N) is 1. The maximum absolute atomic E-state index is 11.9. The summed E-state index contributed by atoms with van der Waals surface area (Å²) in [7, 11) is 1.41. The van der Waals surface area contributed by atoms with Gasteiger partial charge in [0, 0.05) is 17.3 Å². The predicted molar refractivity (Wildman–Crippen MR) is 84.9 cm³/mol. The molecule has 2 rings (SSSR count). The zero-order valence-electron chi connectivity index (χ0n) is 12.4. The monoisotopic (exact) mass is 305 g/mol. The zero-order valence-corrected chi connectivity index (χ0v) is 13.2. The zero-order chi connectivity index (χ0) is 15.2. The van der Waals surface area contributed by atoms with Crippen LogP contribution in [-0.2, 0) is 17.7 Å². The van der Waals surface area contributed by atoms with Crippen LogP contribution in [0.2, 0.25) is 5.02 Å². The van der Waals surface area contributed by atoms with Gasteiger partial charge in [-0.3, -0.25) is 0 Å². The Kier molecular flexibility index (Phi) is 5.45. The molecule has 0 aliphatic rings. The number of ether oxygens (including phenoxy) is 1. The van der Waals surface area contributed by atoms with Crippen LogP contribution in [-0.4, -0.2) is 17.6 Å². The Bertz CT molecular complexity index is 602. The van der Waals surface area contributed by atoms with Gasteiger partial charge >= 0.3 is 5.97 Å². The van der Waals surface area contributed by atoms with Gasteiger partial charge < -0.3 is 9.30 Å². The van der Waals surface area contributed by atoms with Gasteiger partial charge in [0.2, 0.25) is 0 Å². The van der Waals surface area contributed by atoms with Gasteiger partial charge in [-0.1, -0.05) is 37.1 Å². The van der Waals surface area contributed by atoms with Gasteiger partial charge in [-0.15, -0.1) is 0 Å². The summed E-state index contributed by atoms with van der Waals surface area (Å²) < 4.78 is 6.90. The topological polar surface area (TPSA) is 31.2 Å². The van der Waals surface area contributed by atoms with Crippen LogP contribution < -0.4 is 0 Å². The Morgan fingerprint density at radius 1 is 1.19 bits per heavy atom. The molecule has 0 atom stereocenters. The predicted octanol–water partition coefficient (Wildman–Crippen LogP) is 4.32. The van der Waals surface area contributed by atoms with Gasteiger partial charge in [-0.25, -0.2) is 4.79 Å². The van der Waals surface area contributed by atoms with Gasteiger partial charge in [-0.2, -0.15) is 0 Å². The molecule has 0 aliphatic heterocycles. The third-order valence-electron chi connectivity index (χ3n) is 3.51. The summed E-state index contributed by atoms with van der Waals surface area (Å²) in [6.45, 7) is 2.81. The van der Waals surface area contributed by atoms with Crippen molar-refractivity contribution in [3.63, 3.8) is 0 Å². The average molecular weight is 306 g/mol. The summed E-state index contributed by atoms with van der Waals surface area (Å²) >= 11 is 5.92. The van der Waals surface area contributed by atoms with Crippen molar-refractivity contribution in [1.82, 2.24) is 4.57 Å². The molecule has 0 N–H and O–H groups in total. The summed E-state index contributed by atoms with van der Waals surface area (Å²) in [5.74, 6) is -0.299. The SMILES string of the molecule is CCCCc1ccc(C(=O)OC)n1Cc1ccc(Cl)cc1. The lowest BCUT2D eigenvalue weighted by Gasteiger charge is -2.13. The summed E-state index contributed by atoms with van der Waals surface area (Å²) in [6.07, 6.45) is 3.19. The van der Waals surface area contributed by atoms with E-state index in [2.05, 4.69) is 6.92 Å². The van der Waals surface area contributed by atoms with Crippen LogP contribution in [0.4, 0.5) is 0 Å². The number of aromatic nitrogens is 1. The summed E-state index contributed by atoms with van der Waals surface area (Å²) in [5.41, 5.74) is 2.87. The minimum absolute atomic E-state index is 0.299. The van der Waals surface area contributed by atoms with Crippen LogP contribution in [0.15, 0.2) is 36.4 Å². The molecule has 1 heterocycles. The van der Waals surface area contributed by atoms with E-state index in [0.717, 1.165) is 30.5 Å². The van der Waals surface area contributed by atoms with Crippen molar-refractivity contribution in [2.24, 2.45) is 0 Å². The van der Waals surface area contributed by atoms with Crippen molar-refractivity contribution >= 4 is 17.6 Å². The highest BCUT2D eigenvalue weighted by atomic mass is 35.5. The van der Waals surface area contributed by atoms with Crippen molar-refractivity contribution in [1.29, 1.82) is 0 Å². The number of hydrogen-bond donors (Lipinski definition) is 0. The molecular weight excluding hydrogens is 286 g/mol. The van der Waals surface area contributed by atoms with Crippen molar-refractivity contribution < 1.29 is 9.53 Å². The first-order valence-electron chi connectivity index (χ1n) is 7.17. The largest absolute Gasteiger partial charge is 0.464 e. The van der Waals surface area contributed by atoms with Crippen molar-refractivity contribution in [2.75, 3.05) is 7.11 Å². The first-order chi connectivity index (χ1) is 10.2. The maximum atomic E-state index is 11.9. The summed E-state index contributed by atoms with van der Waals surface area (Å²) in [5, 5.41) is 0.714. The molecule has 0 fully saturated rings. The number of halogens is 1. The molecule has 0 aliphatic carbocycles. The van der Waals surface area contributed by atoms with E-state index in [9.17, 15) is 4.79 Å². The van der Waals surface area contributed by atoms with Crippen LogP contribution in [0.3, 0.4) is 0 Å². The third kappa shape index (κ3) is 3.88. The smallest absolute Gasteiger partial charge is 0.354 e. The number of unbranched alkanes of at least 4 members (excludes halogenated alkanes) is 1. The molecule has 21 heavy (non-hydrogen) atoms. The highest BCUT2D eigenvalue weighted by molar-refractivity contribution is 6.30. The molecule has 1 aromatic heterocycles. The van der Waals surface area contributed by atoms with Crippen molar-refractivity contribution in [3.8, 4) is 0 Å². The fourth-order valence-electron chi connectivity index (χ4n) is 2.33. The normalized spacial score (nSPS) is 10.6. The van der Waals surface area contributed by atoms with E-state index in [-0.39, 0.29) is 5.97 Å². The van der Waals surface area contributed by atoms with Crippen LogP contribution in [0.5, 0.6) is 0 Å². The van der Waals surface area contributed by atoms with E-state index in [1.165, 1.54) is 7.11 Å². The number of hydrogen-bond acceptors (Lipinski definition) is 2. The molecule has 0 bridgehead atoms. The number of benzene rings is 1. The van der Waals surface area contributed by atoms with Gasteiger partial charge in [-0.05, 0) is 42.7 Å². The van der Waals surface area contributed by atoms with Gasteiger partial charge in [0.05, 0.1) is 7.11 Å². The lowest BCUT2D eigenvalue weighted by molar-refractivity contribution is 0.0588. The number of esters is 1. The molecule has 3 nitrogen and oxygen atoms in total. The fraction of sp³-hybridized carbons (Fsp3) is 0.353. The number of aryl methyl sites for hydroxylation is 1. The van der Waals surface area contributed by atoms with Crippen LogP contribution in [0, 0.1) is 0 Å². The van der Waals surface area contributed by atoms with Gasteiger partial charge in [0.1, 0.15) is 5.69 Å². The number of carbonyl (C=O) groups excluding carboxylic acids is 1. The minimum atomic E-state index is -0.299. The van der Waals surface area contributed by atoms with Crippen molar-refractivity contribution in [2.45, 2.75) is 32.7 Å². The molecule has 0 spiro atoms. The first kappa shape index (κ1) is 15.6. The van der Waals surface area contributed by atoms with Crippen molar-refractivity contribution in [3.05, 3.63) is 58.4 Å². The Morgan fingerprint density at radius 2 is 1.90 bits per heavy atom. The lowest BCUT2D eigenvalue weighted by Crippen LogP contribution is -2.13. The molecule has 4 heteroatoms. The second kappa shape index (κ2) is 7.32. The molecule has 112 valence electrons. The first-order valence-corrected chi connectivity index (χ1v) is 7.54. The van der Waals surface area contributed by atoms with E-state index in [4.69, 9.17) is 16.3 Å². The molecule has 0 radical (unpaired) electrons. The Hall–Kier alpha value is -1.74. The van der Waals surface area contributed by atoms with E-state index in [1.807, 2.05) is 41.0 Å². The Labute approximate surface area is 130 Å². The lowest BCUT2D eigenvalue weighted by atomic mass is 10.2. The summed E-state index contributed by atoms with van der Waals surface area (Å²) in [4.78, 5) is 11.9. The molecule has 2 aromatic rings. The number of methoxy groups -OCH3 is 1. The van der Waals surface area contributed by atoms with Crippen LogP contribution >= 0.6 is 11.6 Å². The van der Waals surface area contributed by atoms with Crippen LogP contribution in [0.25, 0.3) is 0 Å². The molecular formula is C17H20ClNO2.